The largest absolute Gasteiger partial charge is 0.345 e. The van der Waals surface area contributed by atoms with E-state index < -0.39 is 5.82 Å². The van der Waals surface area contributed by atoms with E-state index in [1.165, 1.54) is 12.1 Å². The van der Waals surface area contributed by atoms with E-state index in [0.717, 1.165) is 31.6 Å². The highest BCUT2D eigenvalue weighted by Gasteiger charge is 2.42. The highest BCUT2D eigenvalue weighted by atomic mass is 35.5. The lowest BCUT2D eigenvalue weighted by Crippen LogP contribution is -2.35. The number of halogens is 2. The van der Waals surface area contributed by atoms with E-state index in [2.05, 4.69) is 15.2 Å². The predicted molar refractivity (Wildman–Crippen MR) is 136 cm³/mol. The Kier molecular flexibility index (Phi) is 7.30. The van der Waals surface area contributed by atoms with Gasteiger partial charge in [-0.25, -0.2) is 4.39 Å². The third kappa shape index (κ3) is 5.27. The van der Waals surface area contributed by atoms with Gasteiger partial charge in [-0.2, -0.15) is 0 Å². The van der Waals surface area contributed by atoms with E-state index in [4.69, 9.17) is 11.6 Å². The molecule has 2 amide bonds. The maximum atomic E-state index is 14.2. The van der Waals surface area contributed by atoms with Crippen molar-refractivity contribution < 1.29 is 14.0 Å². The van der Waals surface area contributed by atoms with Crippen molar-refractivity contribution in [1.82, 2.24) is 20.1 Å². The molecule has 0 saturated carbocycles. The highest BCUT2D eigenvalue weighted by molar-refractivity contribution is 6.33. The molecule has 2 aliphatic rings. The molecule has 6 nitrogen and oxygen atoms in total. The molecule has 2 unspecified atom stereocenters. The zero-order valence-electron chi connectivity index (χ0n) is 19.8. The van der Waals surface area contributed by atoms with Crippen molar-refractivity contribution >= 4 is 23.4 Å². The van der Waals surface area contributed by atoms with E-state index in [1.54, 1.807) is 35.5 Å². The summed E-state index contributed by atoms with van der Waals surface area (Å²) in [6.07, 6.45) is 4.00. The van der Waals surface area contributed by atoms with E-state index in [9.17, 15) is 14.0 Å². The number of nitrogens with zero attached hydrogens (tertiary/aromatic N) is 3. The Hall–Kier alpha value is -3.29. The van der Waals surface area contributed by atoms with Crippen LogP contribution in [0.1, 0.15) is 38.7 Å². The Morgan fingerprint density at radius 1 is 0.972 bits per heavy atom. The number of benzene rings is 2. The highest BCUT2D eigenvalue weighted by Crippen LogP contribution is 2.33. The van der Waals surface area contributed by atoms with Crippen molar-refractivity contribution in [3.05, 3.63) is 101 Å². The monoisotopic (exact) mass is 506 g/mol. The van der Waals surface area contributed by atoms with E-state index in [1.807, 2.05) is 30.3 Å². The van der Waals surface area contributed by atoms with Gasteiger partial charge in [0.25, 0.3) is 11.8 Å². The first kappa shape index (κ1) is 24.4. The van der Waals surface area contributed by atoms with Gasteiger partial charge in [0.1, 0.15) is 5.82 Å². The summed E-state index contributed by atoms with van der Waals surface area (Å²) in [5.41, 5.74) is 1.62. The van der Waals surface area contributed by atoms with Crippen molar-refractivity contribution in [2.45, 2.75) is 12.5 Å². The second-order valence-electron chi connectivity index (χ2n) is 9.55. The zero-order chi connectivity index (χ0) is 25.1. The van der Waals surface area contributed by atoms with Gasteiger partial charge in [-0.1, -0.05) is 48.0 Å². The van der Waals surface area contributed by atoms with E-state index in [0.29, 0.717) is 30.5 Å². The van der Waals surface area contributed by atoms with Crippen LogP contribution in [0.4, 0.5) is 4.39 Å². The summed E-state index contributed by atoms with van der Waals surface area (Å²) in [4.78, 5) is 33.9. The number of hydrogen-bond acceptors (Lipinski definition) is 4. The Bertz CT molecular complexity index is 1190. The molecule has 3 heterocycles. The first-order chi connectivity index (χ1) is 17.5. The van der Waals surface area contributed by atoms with Crippen molar-refractivity contribution in [3.63, 3.8) is 0 Å². The molecule has 186 valence electrons. The Balaban J connectivity index is 1.19. The Morgan fingerprint density at radius 2 is 1.67 bits per heavy atom. The molecule has 1 N–H and O–H groups in total. The van der Waals surface area contributed by atoms with Crippen molar-refractivity contribution in [1.29, 1.82) is 0 Å². The van der Waals surface area contributed by atoms with Crippen LogP contribution < -0.4 is 5.32 Å². The fourth-order valence-corrected chi connectivity index (χ4v) is 5.61. The van der Waals surface area contributed by atoms with Gasteiger partial charge in [0.05, 0.1) is 16.6 Å². The van der Waals surface area contributed by atoms with E-state index in [-0.39, 0.29) is 28.4 Å². The fourth-order valence-electron chi connectivity index (χ4n) is 5.36. The second-order valence-corrected chi connectivity index (χ2v) is 9.96. The maximum absolute atomic E-state index is 14.2. The number of pyridine rings is 1. The number of rotatable bonds is 7. The molecule has 3 atom stereocenters. The predicted octanol–water partition coefficient (Wildman–Crippen LogP) is 4.44. The number of amides is 2. The lowest BCUT2D eigenvalue weighted by atomic mass is 10.0. The number of nitrogens with one attached hydrogen (secondary N) is 1. The van der Waals surface area contributed by atoms with Gasteiger partial charge in [0.2, 0.25) is 0 Å². The van der Waals surface area contributed by atoms with Gasteiger partial charge in [-0.15, -0.1) is 0 Å². The minimum Gasteiger partial charge on any atom is -0.345 e. The van der Waals surface area contributed by atoms with Crippen molar-refractivity contribution in [2.75, 3.05) is 32.7 Å². The Morgan fingerprint density at radius 3 is 2.33 bits per heavy atom. The Labute approximate surface area is 215 Å². The van der Waals surface area contributed by atoms with Gasteiger partial charge in [-0.3, -0.25) is 14.6 Å². The SMILES string of the molecule is O=C(NC(CCN1CC2CN(C(=O)c3c(F)cccc3Cl)C[C@@H]2C1)c1ccccc1)c1ccncc1. The van der Waals surface area contributed by atoms with Gasteiger partial charge in [-0.05, 0) is 48.1 Å². The molecule has 0 spiro atoms. The number of aromatic nitrogens is 1. The quantitative estimate of drug-likeness (QED) is 0.514. The number of likely N-dealkylation sites (tertiary alicyclic amines) is 2. The van der Waals surface area contributed by atoms with Crippen LogP contribution in [0.2, 0.25) is 5.02 Å². The average molecular weight is 507 g/mol. The molecule has 3 aromatic rings. The number of hydrogen-bond donors (Lipinski definition) is 1. The minimum atomic E-state index is -0.577. The average Bonchev–Trinajstić information content (AvgIpc) is 3.46. The van der Waals surface area contributed by atoms with Crippen LogP contribution in [-0.4, -0.2) is 59.3 Å². The molecule has 2 aromatic carbocycles. The summed E-state index contributed by atoms with van der Waals surface area (Å²) in [6.45, 7) is 3.78. The summed E-state index contributed by atoms with van der Waals surface area (Å²) in [7, 11) is 0. The second kappa shape index (κ2) is 10.8. The van der Waals surface area contributed by atoms with Gasteiger partial charge in [0, 0.05) is 50.7 Å². The maximum Gasteiger partial charge on any atom is 0.258 e. The summed E-state index contributed by atoms with van der Waals surface area (Å²) in [5, 5.41) is 3.33. The van der Waals surface area contributed by atoms with Gasteiger partial charge >= 0.3 is 0 Å². The summed E-state index contributed by atoms with van der Waals surface area (Å²) in [5.74, 6) is -0.332. The molecule has 36 heavy (non-hydrogen) atoms. The standard InChI is InChI=1S/C28H28ClFN4O2/c29-23-7-4-8-24(30)26(23)28(36)34-17-21-15-33(16-22(21)18-34)14-11-25(19-5-2-1-3-6-19)32-27(35)20-9-12-31-13-10-20/h1-10,12-13,21-22,25H,11,14-18H2,(H,32,35)/t21-,22?,25?/m0/s1. The van der Waals surface area contributed by atoms with Crippen LogP contribution in [0.5, 0.6) is 0 Å². The zero-order valence-corrected chi connectivity index (χ0v) is 20.6. The van der Waals surface area contributed by atoms with Crippen LogP contribution in [-0.2, 0) is 0 Å². The summed E-state index contributed by atoms with van der Waals surface area (Å²) < 4.78 is 14.2. The molecule has 5 rings (SSSR count). The minimum absolute atomic E-state index is 0.0355. The molecule has 0 radical (unpaired) electrons. The molecular weight excluding hydrogens is 479 g/mol. The van der Waals surface area contributed by atoms with Gasteiger partial charge < -0.3 is 15.1 Å². The molecule has 2 saturated heterocycles. The first-order valence-corrected chi connectivity index (χ1v) is 12.6. The topological polar surface area (TPSA) is 65.5 Å². The fraction of sp³-hybridized carbons (Fsp3) is 0.321. The van der Waals surface area contributed by atoms with Gasteiger partial charge in [0.15, 0.2) is 0 Å². The molecule has 2 fully saturated rings. The van der Waals surface area contributed by atoms with Crippen molar-refractivity contribution in [2.24, 2.45) is 11.8 Å². The third-order valence-corrected chi connectivity index (χ3v) is 7.52. The lowest BCUT2D eigenvalue weighted by Gasteiger charge is -2.25. The number of carbonyl (C=O) groups is 2. The smallest absolute Gasteiger partial charge is 0.258 e. The molecule has 8 heteroatoms. The van der Waals surface area contributed by atoms with E-state index >= 15 is 0 Å². The first-order valence-electron chi connectivity index (χ1n) is 12.2. The molecule has 0 bridgehead atoms. The van der Waals surface area contributed by atoms with Crippen LogP contribution in [0, 0.1) is 17.7 Å². The summed E-state index contributed by atoms with van der Waals surface area (Å²) in [6, 6.07) is 17.6. The number of carbonyl (C=O) groups excluding carboxylic acids is 2. The molecule has 2 aliphatic heterocycles. The molecular formula is C28H28ClFN4O2. The summed E-state index contributed by atoms with van der Waals surface area (Å²) >= 11 is 6.11. The molecule has 1 aromatic heterocycles. The van der Waals surface area contributed by atoms with Crippen LogP contribution in [0.3, 0.4) is 0 Å². The van der Waals surface area contributed by atoms with Crippen LogP contribution in [0.25, 0.3) is 0 Å². The third-order valence-electron chi connectivity index (χ3n) is 7.21. The van der Waals surface area contributed by atoms with Crippen LogP contribution >= 0.6 is 11.6 Å². The van der Waals surface area contributed by atoms with Crippen LogP contribution in [0.15, 0.2) is 73.1 Å². The molecule has 0 aliphatic carbocycles. The number of fused-ring (bicyclic) bond motifs is 1. The normalized spacial score (nSPS) is 20.2. The lowest BCUT2D eigenvalue weighted by molar-refractivity contribution is 0.0769. The van der Waals surface area contributed by atoms with Crippen molar-refractivity contribution in [3.8, 4) is 0 Å².